The average molecular weight is 325 g/mol. The molecule has 0 unspecified atom stereocenters. The number of benzene rings is 2. The van der Waals surface area contributed by atoms with E-state index in [1.165, 1.54) is 17.4 Å². The van der Waals surface area contributed by atoms with Crippen molar-refractivity contribution in [2.75, 3.05) is 7.11 Å². The summed E-state index contributed by atoms with van der Waals surface area (Å²) in [7, 11) is 1.63. The van der Waals surface area contributed by atoms with Crippen LogP contribution in [0.3, 0.4) is 0 Å². The van der Waals surface area contributed by atoms with Gasteiger partial charge in [-0.2, -0.15) is 0 Å². The second kappa shape index (κ2) is 5.06. The summed E-state index contributed by atoms with van der Waals surface area (Å²) in [6.45, 7) is 0. The van der Waals surface area contributed by atoms with E-state index in [4.69, 9.17) is 4.74 Å². The summed E-state index contributed by atoms with van der Waals surface area (Å²) in [6.07, 6.45) is 1.93. The lowest BCUT2D eigenvalue weighted by Crippen LogP contribution is -1.87. The zero-order valence-electron chi connectivity index (χ0n) is 12.1. The fourth-order valence-corrected chi connectivity index (χ4v) is 3.63. The number of nitrogens with zero attached hydrogens (tertiary/aromatic N) is 3. The first-order valence-electron chi connectivity index (χ1n) is 6.87. The number of hydrogen-bond donors (Lipinski definition) is 0. The highest BCUT2D eigenvalue weighted by atomic mass is 32.1. The van der Waals surface area contributed by atoms with Crippen molar-refractivity contribution in [3.05, 3.63) is 58.8 Å². The topological polar surface area (TPSA) is 69.7 Å². The van der Waals surface area contributed by atoms with Crippen LogP contribution in [0.2, 0.25) is 0 Å². The van der Waals surface area contributed by atoms with Crippen molar-refractivity contribution >= 4 is 32.2 Å². The Morgan fingerprint density at radius 3 is 2.87 bits per heavy atom. The minimum absolute atomic E-state index is 0.0898. The highest BCUT2D eigenvalue weighted by Gasteiger charge is 2.15. The first kappa shape index (κ1) is 13.7. The highest BCUT2D eigenvalue weighted by Crippen LogP contribution is 2.34. The van der Waals surface area contributed by atoms with Crippen molar-refractivity contribution in [1.29, 1.82) is 0 Å². The number of rotatable bonds is 3. The van der Waals surface area contributed by atoms with Gasteiger partial charge < -0.3 is 4.74 Å². The van der Waals surface area contributed by atoms with E-state index < -0.39 is 0 Å². The Balaban J connectivity index is 1.90. The number of nitro groups is 1. The van der Waals surface area contributed by atoms with E-state index in [2.05, 4.69) is 4.98 Å². The molecule has 0 aliphatic heterocycles. The predicted molar refractivity (Wildman–Crippen MR) is 89.2 cm³/mol. The molecule has 0 fully saturated rings. The molecule has 2 aromatic carbocycles. The lowest BCUT2D eigenvalue weighted by molar-refractivity contribution is -0.384. The zero-order valence-corrected chi connectivity index (χ0v) is 12.9. The van der Waals surface area contributed by atoms with Crippen LogP contribution < -0.4 is 4.74 Å². The molecule has 0 N–H and O–H groups in total. The van der Waals surface area contributed by atoms with Crippen molar-refractivity contribution < 1.29 is 9.66 Å². The van der Waals surface area contributed by atoms with Crippen molar-refractivity contribution in [2.45, 2.75) is 0 Å². The number of aromatic nitrogens is 2. The molecule has 23 heavy (non-hydrogen) atoms. The monoisotopic (exact) mass is 325 g/mol. The Morgan fingerprint density at radius 1 is 1.26 bits per heavy atom. The third-order valence-electron chi connectivity index (χ3n) is 3.67. The van der Waals surface area contributed by atoms with Gasteiger partial charge in [0.05, 0.1) is 27.9 Å². The van der Waals surface area contributed by atoms with Gasteiger partial charge in [0.15, 0.2) is 4.96 Å². The number of methoxy groups -OCH3 is 1. The number of hydrogen-bond acceptors (Lipinski definition) is 5. The Labute approximate surface area is 134 Å². The Kier molecular flexibility index (Phi) is 3.02. The SMILES string of the molecule is COc1ccccc1-c1cn2c(n1)sc1cc([N+](=O)[O-])ccc12. The standard InChI is InChI=1S/C16H11N3O3S/c1-22-14-5-3-2-4-11(14)12-9-18-13-7-6-10(19(20)21)8-15(13)23-16(18)17-12/h2-9H,1H3. The van der Waals surface area contributed by atoms with E-state index in [-0.39, 0.29) is 10.6 Å². The van der Waals surface area contributed by atoms with Crippen LogP contribution >= 0.6 is 11.3 Å². The largest absolute Gasteiger partial charge is 0.496 e. The van der Waals surface area contributed by atoms with Gasteiger partial charge in [-0.25, -0.2) is 4.98 Å². The van der Waals surface area contributed by atoms with Crippen molar-refractivity contribution in [3.63, 3.8) is 0 Å². The van der Waals surface area contributed by atoms with Crippen LogP contribution in [0.4, 0.5) is 5.69 Å². The minimum Gasteiger partial charge on any atom is -0.496 e. The fourth-order valence-electron chi connectivity index (χ4n) is 2.59. The Bertz CT molecular complexity index is 1050. The third kappa shape index (κ3) is 2.13. The number of fused-ring (bicyclic) bond motifs is 3. The van der Waals surface area contributed by atoms with Gasteiger partial charge >= 0.3 is 0 Å². The second-order valence-corrected chi connectivity index (χ2v) is 6.00. The second-order valence-electron chi connectivity index (χ2n) is 4.99. The van der Waals surface area contributed by atoms with Crippen molar-refractivity contribution in [2.24, 2.45) is 0 Å². The normalized spacial score (nSPS) is 11.2. The smallest absolute Gasteiger partial charge is 0.270 e. The van der Waals surface area contributed by atoms with E-state index >= 15 is 0 Å². The molecule has 4 aromatic rings. The van der Waals surface area contributed by atoms with Crippen LogP contribution in [0.1, 0.15) is 0 Å². The first-order valence-corrected chi connectivity index (χ1v) is 7.68. The van der Waals surface area contributed by atoms with Crippen LogP contribution in [-0.2, 0) is 0 Å². The van der Waals surface area contributed by atoms with Gasteiger partial charge in [0, 0.05) is 23.9 Å². The quantitative estimate of drug-likeness (QED) is 0.419. The van der Waals surface area contributed by atoms with Crippen molar-refractivity contribution in [3.8, 4) is 17.0 Å². The maximum absolute atomic E-state index is 10.9. The molecule has 0 saturated heterocycles. The average Bonchev–Trinajstić information content (AvgIpc) is 3.11. The molecule has 2 heterocycles. The molecular weight excluding hydrogens is 314 g/mol. The van der Waals surface area contributed by atoms with Gasteiger partial charge in [0.25, 0.3) is 5.69 Å². The van der Waals surface area contributed by atoms with Gasteiger partial charge in [0.1, 0.15) is 5.75 Å². The molecule has 0 bridgehead atoms. The lowest BCUT2D eigenvalue weighted by atomic mass is 10.1. The number of para-hydroxylation sites is 1. The summed E-state index contributed by atoms with van der Waals surface area (Å²) < 4.78 is 8.17. The molecule has 0 amide bonds. The van der Waals surface area contributed by atoms with Gasteiger partial charge in [-0.05, 0) is 18.2 Å². The van der Waals surface area contributed by atoms with Crippen molar-refractivity contribution in [1.82, 2.24) is 9.38 Å². The minimum atomic E-state index is -0.387. The highest BCUT2D eigenvalue weighted by molar-refractivity contribution is 7.23. The van der Waals surface area contributed by atoms with Crippen LogP contribution in [0.5, 0.6) is 5.75 Å². The van der Waals surface area contributed by atoms with Crippen LogP contribution in [0, 0.1) is 10.1 Å². The first-order chi connectivity index (χ1) is 11.2. The fraction of sp³-hybridized carbons (Fsp3) is 0.0625. The van der Waals surface area contributed by atoms with Gasteiger partial charge in [-0.1, -0.05) is 23.5 Å². The number of imidazole rings is 1. The van der Waals surface area contributed by atoms with Gasteiger partial charge in [0.2, 0.25) is 0 Å². The molecule has 0 saturated carbocycles. The number of nitro benzene ring substituents is 1. The molecule has 2 aromatic heterocycles. The van der Waals surface area contributed by atoms with E-state index in [9.17, 15) is 10.1 Å². The van der Waals surface area contributed by atoms with E-state index in [1.54, 1.807) is 19.2 Å². The summed E-state index contributed by atoms with van der Waals surface area (Å²) >= 11 is 1.43. The molecule has 114 valence electrons. The van der Waals surface area contributed by atoms with Crippen LogP contribution in [0.25, 0.3) is 26.4 Å². The molecule has 4 rings (SSSR count). The molecule has 7 heteroatoms. The molecule has 0 aliphatic rings. The number of ether oxygens (including phenoxy) is 1. The summed E-state index contributed by atoms with van der Waals surface area (Å²) in [5.74, 6) is 0.762. The van der Waals surface area contributed by atoms with E-state index in [0.717, 1.165) is 32.2 Å². The molecule has 0 atom stereocenters. The number of non-ortho nitro benzene ring substituents is 1. The van der Waals surface area contributed by atoms with E-state index in [0.29, 0.717) is 0 Å². The lowest BCUT2D eigenvalue weighted by Gasteiger charge is -2.04. The van der Waals surface area contributed by atoms with Gasteiger partial charge in [-0.15, -0.1) is 0 Å². The Hall–Kier alpha value is -2.93. The summed E-state index contributed by atoms with van der Waals surface area (Å²) in [5, 5.41) is 10.9. The summed E-state index contributed by atoms with van der Waals surface area (Å²) in [5.41, 5.74) is 2.73. The summed E-state index contributed by atoms with van der Waals surface area (Å²) in [6, 6.07) is 12.5. The molecule has 0 spiro atoms. The molecule has 0 radical (unpaired) electrons. The third-order valence-corrected chi connectivity index (χ3v) is 4.69. The molecule has 6 nitrogen and oxygen atoms in total. The Morgan fingerprint density at radius 2 is 2.09 bits per heavy atom. The van der Waals surface area contributed by atoms with Crippen LogP contribution in [-0.4, -0.2) is 21.4 Å². The molecule has 0 aliphatic carbocycles. The van der Waals surface area contributed by atoms with E-state index in [1.807, 2.05) is 34.9 Å². The zero-order chi connectivity index (χ0) is 16.0. The maximum Gasteiger partial charge on any atom is 0.270 e. The predicted octanol–water partition coefficient (Wildman–Crippen LogP) is 4.13. The summed E-state index contributed by atoms with van der Waals surface area (Å²) in [4.78, 5) is 15.9. The molecular formula is C16H11N3O3S. The maximum atomic E-state index is 10.9. The van der Waals surface area contributed by atoms with Crippen LogP contribution in [0.15, 0.2) is 48.7 Å². The van der Waals surface area contributed by atoms with Gasteiger partial charge in [-0.3, -0.25) is 14.5 Å². The number of thiazole rings is 1.